The second-order valence-corrected chi connectivity index (χ2v) is 2.50. The molecule has 0 aliphatic carbocycles. The first kappa shape index (κ1) is 9.24. The number of H-pyrrole nitrogens is 1. The number of hydrogen-bond donors (Lipinski definition) is 3. The van der Waals surface area contributed by atoms with Gasteiger partial charge in [0.15, 0.2) is 0 Å². The van der Waals surface area contributed by atoms with Crippen molar-refractivity contribution in [2.24, 2.45) is 0 Å². The van der Waals surface area contributed by atoms with E-state index < -0.39 is 24.3 Å². The fourth-order valence-corrected chi connectivity index (χ4v) is 0.966. The maximum atomic E-state index is 10.6. The molecular weight excluding hydrogens is 176 g/mol. The summed E-state index contributed by atoms with van der Waals surface area (Å²) in [5, 5.41) is 23.1. The van der Waals surface area contributed by atoms with Gasteiger partial charge >= 0.3 is 11.9 Å². The van der Waals surface area contributed by atoms with Gasteiger partial charge in [-0.1, -0.05) is 0 Å². The molecule has 0 amide bonds. The molecule has 1 aromatic heterocycles. The summed E-state index contributed by atoms with van der Waals surface area (Å²) in [7, 11) is 0. The first-order valence-corrected chi connectivity index (χ1v) is 3.55. The molecule has 6 heteroatoms. The van der Waals surface area contributed by atoms with Crippen molar-refractivity contribution < 1.29 is 19.8 Å². The lowest BCUT2D eigenvalue weighted by molar-refractivity contribution is -0.145. The van der Waals surface area contributed by atoms with E-state index in [4.69, 9.17) is 10.2 Å². The molecule has 6 nitrogen and oxygen atoms in total. The van der Waals surface area contributed by atoms with Crippen LogP contribution in [0.15, 0.2) is 12.3 Å². The minimum absolute atomic E-state index is 0.301. The molecule has 0 spiro atoms. The van der Waals surface area contributed by atoms with Crippen LogP contribution in [-0.2, 0) is 9.59 Å². The highest BCUT2D eigenvalue weighted by molar-refractivity contribution is 5.81. The van der Waals surface area contributed by atoms with Crippen LogP contribution in [0, 0.1) is 0 Å². The van der Waals surface area contributed by atoms with Crippen LogP contribution in [0.5, 0.6) is 0 Å². The minimum atomic E-state index is -1.17. The number of carboxylic acids is 2. The smallest absolute Gasteiger partial charge is 0.313 e. The van der Waals surface area contributed by atoms with Crippen LogP contribution in [0.2, 0.25) is 0 Å². The summed E-state index contributed by atoms with van der Waals surface area (Å²) >= 11 is 0. The number of nitrogens with one attached hydrogen (secondary N) is 1. The van der Waals surface area contributed by atoms with E-state index in [2.05, 4.69) is 10.2 Å². The van der Waals surface area contributed by atoms with Crippen LogP contribution in [-0.4, -0.2) is 32.3 Å². The van der Waals surface area contributed by atoms with Gasteiger partial charge in [-0.3, -0.25) is 14.7 Å². The largest absolute Gasteiger partial charge is 0.481 e. The van der Waals surface area contributed by atoms with Crippen molar-refractivity contribution in [3.63, 3.8) is 0 Å². The number of aromatic nitrogens is 2. The van der Waals surface area contributed by atoms with Crippen molar-refractivity contribution in [2.45, 2.75) is 12.3 Å². The first-order valence-electron chi connectivity index (χ1n) is 3.55. The Morgan fingerprint density at radius 1 is 1.54 bits per heavy atom. The summed E-state index contributed by atoms with van der Waals surface area (Å²) in [5.41, 5.74) is 0.301. The van der Waals surface area contributed by atoms with Crippen molar-refractivity contribution >= 4 is 11.9 Å². The number of hydrogen-bond acceptors (Lipinski definition) is 3. The summed E-state index contributed by atoms with van der Waals surface area (Å²) in [4.78, 5) is 20.9. The molecule has 1 aromatic rings. The zero-order valence-corrected chi connectivity index (χ0v) is 6.60. The molecule has 0 saturated heterocycles. The van der Waals surface area contributed by atoms with Crippen LogP contribution < -0.4 is 0 Å². The van der Waals surface area contributed by atoms with Gasteiger partial charge in [0, 0.05) is 11.9 Å². The monoisotopic (exact) mass is 184 g/mol. The van der Waals surface area contributed by atoms with Gasteiger partial charge in [-0.15, -0.1) is 0 Å². The Hall–Kier alpha value is -1.85. The van der Waals surface area contributed by atoms with Crippen molar-refractivity contribution in [3.05, 3.63) is 18.0 Å². The molecule has 0 fully saturated rings. The Labute approximate surface area is 73.2 Å². The first-order chi connectivity index (χ1) is 6.11. The van der Waals surface area contributed by atoms with Crippen molar-refractivity contribution in [2.75, 3.05) is 0 Å². The van der Waals surface area contributed by atoms with Crippen molar-refractivity contribution in [3.8, 4) is 0 Å². The number of rotatable bonds is 4. The van der Waals surface area contributed by atoms with Gasteiger partial charge in [0.2, 0.25) is 0 Å². The standard InChI is InChI=1S/C7H8N2O4/c10-6(11)3-4(7(12)13)5-1-2-8-9-5/h1-2,4H,3H2,(H,8,9)(H,10,11)(H,12,13). The number of carbonyl (C=O) groups is 2. The van der Waals surface area contributed by atoms with Crippen LogP contribution in [0.4, 0.5) is 0 Å². The number of aliphatic carboxylic acids is 2. The third kappa shape index (κ3) is 2.29. The molecule has 0 radical (unpaired) electrons. The van der Waals surface area contributed by atoms with Gasteiger partial charge < -0.3 is 10.2 Å². The van der Waals surface area contributed by atoms with Gasteiger partial charge in [-0.2, -0.15) is 5.10 Å². The van der Waals surface area contributed by atoms with E-state index in [0.717, 1.165) is 0 Å². The molecule has 1 rings (SSSR count). The van der Waals surface area contributed by atoms with Gasteiger partial charge in [0.1, 0.15) is 5.92 Å². The molecule has 0 aliphatic rings. The summed E-state index contributed by atoms with van der Waals surface area (Å²) in [6.07, 6.45) is 0.935. The van der Waals surface area contributed by atoms with E-state index in [1.165, 1.54) is 12.3 Å². The van der Waals surface area contributed by atoms with E-state index in [1.54, 1.807) is 0 Å². The quantitative estimate of drug-likeness (QED) is 0.613. The average Bonchev–Trinajstić information content (AvgIpc) is 2.50. The lowest BCUT2D eigenvalue weighted by Gasteiger charge is -2.05. The second kappa shape index (κ2) is 3.70. The van der Waals surface area contributed by atoms with Crippen LogP contribution >= 0.6 is 0 Å². The zero-order valence-electron chi connectivity index (χ0n) is 6.60. The predicted octanol–water partition coefficient (Wildman–Crippen LogP) is 0.0526. The molecule has 1 unspecified atom stereocenters. The molecule has 0 saturated carbocycles. The van der Waals surface area contributed by atoms with E-state index in [-0.39, 0.29) is 0 Å². The van der Waals surface area contributed by atoms with E-state index in [1.807, 2.05) is 0 Å². The van der Waals surface area contributed by atoms with Crippen molar-refractivity contribution in [1.82, 2.24) is 10.2 Å². The zero-order chi connectivity index (χ0) is 9.84. The molecule has 0 bridgehead atoms. The summed E-state index contributed by atoms with van der Waals surface area (Å²) < 4.78 is 0. The Morgan fingerprint density at radius 2 is 2.23 bits per heavy atom. The summed E-state index contributed by atoms with van der Waals surface area (Å²) in [6, 6.07) is 1.45. The van der Waals surface area contributed by atoms with Gasteiger partial charge in [0.25, 0.3) is 0 Å². The Morgan fingerprint density at radius 3 is 2.62 bits per heavy atom. The average molecular weight is 184 g/mol. The Balaban J connectivity index is 2.81. The van der Waals surface area contributed by atoms with Gasteiger partial charge in [0.05, 0.1) is 6.42 Å². The third-order valence-electron chi connectivity index (χ3n) is 1.57. The van der Waals surface area contributed by atoms with Crippen LogP contribution in [0.25, 0.3) is 0 Å². The highest BCUT2D eigenvalue weighted by Crippen LogP contribution is 2.16. The van der Waals surface area contributed by atoms with Gasteiger partial charge in [-0.05, 0) is 6.07 Å². The normalized spacial score (nSPS) is 12.3. The molecule has 70 valence electrons. The highest BCUT2D eigenvalue weighted by atomic mass is 16.4. The SMILES string of the molecule is O=C(O)CC(C(=O)O)c1ccn[nH]1. The highest BCUT2D eigenvalue weighted by Gasteiger charge is 2.23. The number of aromatic amines is 1. The van der Waals surface area contributed by atoms with E-state index in [0.29, 0.717) is 5.69 Å². The minimum Gasteiger partial charge on any atom is -0.481 e. The predicted molar refractivity (Wildman–Crippen MR) is 41.2 cm³/mol. The fourth-order valence-electron chi connectivity index (χ4n) is 0.966. The molecule has 1 atom stereocenters. The number of nitrogens with zero attached hydrogens (tertiary/aromatic N) is 1. The Kier molecular flexibility index (Phi) is 2.63. The topological polar surface area (TPSA) is 103 Å². The fraction of sp³-hybridized carbons (Fsp3) is 0.286. The number of carboxylic acid groups (broad SMARTS) is 2. The van der Waals surface area contributed by atoms with Crippen LogP contribution in [0.3, 0.4) is 0 Å². The summed E-state index contributed by atoms with van der Waals surface area (Å²) in [5.74, 6) is -3.38. The molecule has 3 N–H and O–H groups in total. The maximum absolute atomic E-state index is 10.6. The molecular formula is C7H8N2O4. The molecule has 0 aromatic carbocycles. The van der Waals surface area contributed by atoms with E-state index >= 15 is 0 Å². The molecule has 0 aliphatic heterocycles. The lowest BCUT2D eigenvalue weighted by atomic mass is 10.0. The molecule has 1 heterocycles. The Bertz CT molecular complexity index is 306. The summed E-state index contributed by atoms with van der Waals surface area (Å²) in [6.45, 7) is 0. The third-order valence-corrected chi connectivity index (χ3v) is 1.57. The van der Waals surface area contributed by atoms with Gasteiger partial charge in [-0.25, -0.2) is 0 Å². The molecule has 13 heavy (non-hydrogen) atoms. The van der Waals surface area contributed by atoms with Crippen LogP contribution in [0.1, 0.15) is 18.0 Å². The maximum Gasteiger partial charge on any atom is 0.313 e. The lowest BCUT2D eigenvalue weighted by Crippen LogP contribution is -2.16. The van der Waals surface area contributed by atoms with Crippen molar-refractivity contribution in [1.29, 1.82) is 0 Å². The van der Waals surface area contributed by atoms with E-state index in [9.17, 15) is 9.59 Å². The second-order valence-electron chi connectivity index (χ2n) is 2.50.